The number of nitrogens with zero attached hydrogens (tertiary/aromatic N) is 1. The van der Waals surface area contributed by atoms with Gasteiger partial charge < -0.3 is 15.3 Å². The quantitative estimate of drug-likeness (QED) is 0.754. The van der Waals surface area contributed by atoms with E-state index in [9.17, 15) is 14.7 Å². The summed E-state index contributed by atoms with van der Waals surface area (Å²) in [5, 5.41) is 13.2. The molecule has 4 atom stereocenters. The van der Waals surface area contributed by atoms with Crippen LogP contribution in [0.4, 0.5) is 0 Å². The minimum atomic E-state index is -0.668. The number of hydrogen-bond acceptors (Lipinski definition) is 3. The monoisotopic (exact) mass is 414 g/mol. The molecule has 1 aliphatic heterocycles. The first kappa shape index (κ1) is 24.1. The topological polar surface area (TPSA) is 69.6 Å². The van der Waals surface area contributed by atoms with Crippen molar-refractivity contribution in [2.75, 3.05) is 6.54 Å². The lowest BCUT2D eigenvalue weighted by Crippen LogP contribution is -2.49. The van der Waals surface area contributed by atoms with Crippen molar-refractivity contribution in [1.29, 1.82) is 0 Å². The van der Waals surface area contributed by atoms with Crippen molar-refractivity contribution in [3.63, 3.8) is 0 Å². The molecular weight excluding hydrogens is 376 g/mol. The third-order valence-corrected chi connectivity index (χ3v) is 6.49. The van der Waals surface area contributed by atoms with Gasteiger partial charge in [-0.1, -0.05) is 57.5 Å². The van der Waals surface area contributed by atoms with Gasteiger partial charge in [0.25, 0.3) is 0 Å². The molecule has 1 saturated heterocycles. The number of likely N-dealkylation sites (tertiary alicyclic amines) is 1. The molecule has 2 N–H and O–H groups in total. The molecule has 1 aliphatic rings. The Balaban J connectivity index is 2.11. The summed E-state index contributed by atoms with van der Waals surface area (Å²) < 4.78 is 0. The minimum Gasteiger partial charge on any atom is -0.391 e. The molecule has 0 spiro atoms. The number of amides is 2. The fraction of sp³-hybridized carbons (Fsp3) is 0.600. The first-order valence-electron chi connectivity index (χ1n) is 10.9. The number of rotatable bonds is 5. The minimum absolute atomic E-state index is 0.0756. The molecule has 1 aromatic carbocycles. The van der Waals surface area contributed by atoms with Crippen molar-refractivity contribution >= 4 is 17.4 Å². The first-order chi connectivity index (χ1) is 13.8. The molecular formula is C25H38N2O3. The maximum absolute atomic E-state index is 13.0. The highest BCUT2D eigenvalue weighted by Crippen LogP contribution is 2.30. The van der Waals surface area contributed by atoms with Crippen LogP contribution >= 0.6 is 0 Å². The lowest BCUT2D eigenvalue weighted by molar-refractivity contribution is -0.144. The van der Waals surface area contributed by atoms with Crippen LogP contribution in [0.1, 0.15) is 79.0 Å². The van der Waals surface area contributed by atoms with Gasteiger partial charge >= 0.3 is 0 Å². The van der Waals surface area contributed by atoms with E-state index in [0.29, 0.717) is 0 Å². The second-order valence-corrected chi connectivity index (χ2v) is 9.96. The molecule has 0 bridgehead atoms. The maximum atomic E-state index is 13.0. The van der Waals surface area contributed by atoms with Gasteiger partial charge in [-0.15, -0.1) is 0 Å². The van der Waals surface area contributed by atoms with E-state index in [1.165, 1.54) is 16.7 Å². The van der Waals surface area contributed by atoms with Gasteiger partial charge in [0.2, 0.25) is 11.8 Å². The number of β-amino-alcohol motifs (C(OH)–C–C–N with tert-alkyl or cyclic N) is 1. The van der Waals surface area contributed by atoms with Gasteiger partial charge in [0.15, 0.2) is 0 Å². The summed E-state index contributed by atoms with van der Waals surface area (Å²) in [6.45, 7) is 16.4. The van der Waals surface area contributed by atoms with Gasteiger partial charge in [-0.2, -0.15) is 0 Å². The zero-order valence-electron chi connectivity index (χ0n) is 19.7. The van der Waals surface area contributed by atoms with E-state index in [2.05, 4.69) is 38.2 Å². The molecule has 0 aliphatic carbocycles. The van der Waals surface area contributed by atoms with E-state index in [1.54, 1.807) is 4.90 Å². The smallest absolute Gasteiger partial charge is 0.243 e. The lowest BCUT2D eigenvalue weighted by Gasteiger charge is -2.33. The van der Waals surface area contributed by atoms with Gasteiger partial charge in [0, 0.05) is 18.9 Å². The summed E-state index contributed by atoms with van der Waals surface area (Å²) in [6.07, 6.45) is -0.390. The molecule has 166 valence electrons. The molecule has 0 aromatic heterocycles. The Morgan fingerprint density at radius 3 is 2.17 bits per heavy atom. The predicted molar refractivity (Wildman–Crippen MR) is 122 cm³/mol. The molecule has 1 aromatic rings. The van der Waals surface area contributed by atoms with Crippen LogP contribution in [-0.4, -0.2) is 40.5 Å². The van der Waals surface area contributed by atoms with E-state index in [-0.39, 0.29) is 42.2 Å². The number of benzene rings is 1. The number of nitrogens with one attached hydrogen (secondary N) is 1. The van der Waals surface area contributed by atoms with Crippen LogP contribution in [0.2, 0.25) is 0 Å². The fourth-order valence-corrected chi connectivity index (χ4v) is 3.63. The Kier molecular flexibility index (Phi) is 7.51. The number of aliphatic hydroxyl groups is 1. The zero-order valence-corrected chi connectivity index (χ0v) is 19.7. The van der Waals surface area contributed by atoms with Crippen LogP contribution < -0.4 is 5.32 Å². The second-order valence-electron chi connectivity index (χ2n) is 9.96. The van der Waals surface area contributed by atoms with E-state index in [4.69, 9.17) is 0 Å². The van der Waals surface area contributed by atoms with Crippen LogP contribution in [0.15, 0.2) is 29.8 Å². The Bertz CT molecular complexity index is 801. The number of hydrogen-bond donors (Lipinski definition) is 2. The van der Waals surface area contributed by atoms with E-state index in [1.807, 2.05) is 46.8 Å². The van der Waals surface area contributed by atoms with Crippen molar-refractivity contribution in [2.24, 2.45) is 11.3 Å². The molecule has 2 amide bonds. The zero-order chi connectivity index (χ0) is 22.8. The Labute approximate surface area is 181 Å². The largest absolute Gasteiger partial charge is 0.391 e. The second kappa shape index (κ2) is 9.34. The molecule has 30 heavy (non-hydrogen) atoms. The molecule has 0 unspecified atom stereocenters. The fourth-order valence-electron chi connectivity index (χ4n) is 3.63. The highest BCUT2D eigenvalue weighted by Gasteiger charge is 2.42. The average Bonchev–Trinajstić information content (AvgIpc) is 3.07. The van der Waals surface area contributed by atoms with Gasteiger partial charge in [-0.05, 0) is 49.8 Å². The van der Waals surface area contributed by atoms with Crippen LogP contribution in [-0.2, 0) is 9.59 Å². The molecule has 5 heteroatoms. The highest BCUT2D eigenvalue weighted by molar-refractivity contribution is 5.89. The maximum Gasteiger partial charge on any atom is 0.243 e. The van der Waals surface area contributed by atoms with Crippen molar-refractivity contribution < 1.29 is 14.7 Å². The normalized spacial score (nSPS) is 21.2. The molecule has 1 fully saturated rings. The van der Waals surface area contributed by atoms with Crippen LogP contribution in [0.3, 0.4) is 0 Å². The van der Waals surface area contributed by atoms with Crippen LogP contribution in [0.25, 0.3) is 5.57 Å². The highest BCUT2D eigenvalue weighted by atomic mass is 16.3. The molecule has 0 saturated carbocycles. The Morgan fingerprint density at radius 2 is 1.67 bits per heavy atom. The van der Waals surface area contributed by atoms with Crippen LogP contribution in [0, 0.1) is 11.3 Å². The number of aliphatic hydroxyl groups excluding tert-OH is 1. The lowest BCUT2D eigenvalue weighted by atomic mass is 9.81. The summed E-state index contributed by atoms with van der Waals surface area (Å²) in [7, 11) is 0. The van der Waals surface area contributed by atoms with Crippen LogP contribution in [0.5, 0.6) is 0 Å². The number of carbonyl (C=O) groups excluding carboxylic acids is 2. The molecule has 2 rings (SSSR count). The van der Waals surface area contributed by atoms with Crippen molar-refractivity contribution in [3.8, 4) is 0 Å². The molecule has 0 radical (unpaired) electrons. The molecule has 1 heterocycles. The summed E-state index contributed by atoms with van der Waals surface area (Å²) in [5.74, 6) is -0.521. The average molecular weight is 415 g/mol. The van der Waals surface area contributed by atoms with E-state index >= 15 is 0 Å². The van der Waals surface area contributed by atoms with Gasteiger partial charge in [-0.25, -0.2) is 0 Å². The Hall–Kier alpha value is -2.14. The standard InChI is InChI=1S/C25H38N2O3/c1-15(2)16(3)19-9-11-20(12-10-19)18(5)26-23(29)22-13-21(28)14-27(22)24(30)17(4)25(6,7)8/h9-12,17-18,21-22,28H,13-14H2,1-8H3,(H,26,29)/t17-,18+,21-,22+/m1/s1. The summed E-state index contributed by atoms with van der Waals surface area (Å²) in [5.41, 5.74) is 4.50. The SMILES string of the molecule is CC(C)=C(C)c1ccc([C@H](C)NC(=O)[C@@H]2C[C@@H](O)CN2C(=O)[C@@H](C)C(C)(C)C)cc1. The number of allylic oxidation sites excluding steroid dienone is 2. The number of carbonyl (C=O) groups is 2. The third kappa shape index (κ3) is 5.51. The van der Waals surface area contributed by atoms with Gasteiger partial charge in [0.05, 0.1) is 12.1 Å². The van der Waals surface area contributed by atoms with E-state index < -0.39 is 12.1 Å². The van der Waals surface area contributed by atoms with E-state index in [0.717, 1.165) is 5.56 Å². The predicted octanol–water partition coefficient (Wildman–Crippen LogP) is 4.32. The van der Waals surface area contributed by atoms with Gasteiger partial charge in [0.1, 0.15) is 6.04 Å². The first-order valence-corrected chi connectivity index (χ1v) is 10.9. The van der Waals surface area contributed by atoms with Gasteiger partial charge in [-0.3, -0.25) is 9.59 Å². The summed E-state index contributed by atoms with van der Waals surface area (Å²) >= 11 is 0. The molecule has 5 nitrogen and oxygen atoms in total. The Morgan fingerprint density at radius 1 is 1.10 bits per heavy atom. The van der Waals surface area contributed by atoms with Crippen molar-refractivity contribution in [3.05, 3.63) is 41.0 Å². The van der Waals surface area contributed by atoms with Crippen molar-refractivity contribution in [1.82, 2.24) is 10.2 Å². The third-order valence-electron chi connectivity index (χ3n) is 6.49. The summed E-state index contributed by atoms with van der Waals surface area (Å²) in [4.78, 5) is 27.6. The summed E-state index contributed by atoms with van der Waals surface area (Å²) in [6, 6.07) is 7.38. The van der Waals surface area contributed by atoms with Crippen molar-refractivity contribution in [2.45, 2.75) is 80.0 Å².